The van der Waals surface area contributed by atoms with E-state index in [9.17, 15) is 4.79 Å². The van der Waals surface area contributed by atoms with Gasteiger partial charge in [0.15, 0.2) is 0 Å². The first-order chi connectivity index (χ1) is 6.63. The Morgan fingerprint density at radius 2 is 2.36 bits per heavy atom. The first-order valence-corrected chi connectivity index (χ1v) is 5.64. The quantitative estimate of drug-likeness (QED) is 0.804. The highest BCUT2D eigenvalue weighted by atomic mass is 35.5. The lowest BCUT2D eigenvalue weighted by atomic mass is 10.4. The van der Waals surface area contributed by atoms with E-state index in [0.717, 1.165) is 0 Å². The fourth-order valence-electron chi connectivity index (χ4n) is 0.789. The molecule has 1 unspecified atom stereocenters. The van der Waals surface area contributed by atoms with Crippen LogP contribution < -0.4 is 5.32 Å². The van der Waals surface area contributed by atoms with Crippen molar-refractivity contribution >= 4 is 40.4 Å². The summed E-state index contributed by atoms with van der Waals surface area (Å²) in [6, 6.07) is 3.29. The first kappa shape index (κ1) is 11.8. The number of halogens is 2. The second kappa shape index (κ2) is 5.56. The van der Waals surface area contributed by atoms with Crippen LogP contribution in [0.4, 0.5) is 0 Å². The largest absolute Gasteiger partial charge is 0.390 e. The zero-order valence-electron chi connectivity index (χ0n) is 7.17. The maximum Gasteiger partial charge on any atom is 0.261 e. The molecule has 0 spiro atoms. The molecule has 1 rings (SSSR count). The highest BCUT2D eigenvalue weighted by Crippen LogP contribution is 2.20. The molecule has 1 aromatic rings. The average molecular weight is 254 g/mol. The lowest BCUT2D eigenvalue weighted by Gasteiger charge is -2.07. The predicted octanol–water partition coefficient (Wildman–Crippen LogP) is 1.73. The van der Waals surface area contributed by atoms with Crippen molar-refractivity contribution in [2.24, 2.45) is 0 Å². The van der Waals surface area contributed by atoms with Crippen molar-refractivity contribution in [1.82, 2.24) is 5.32 Å². The molecule has 1 atom stereocenters. The maximum atomic E-state index is 11.4. The Labute approximate surface area is 95.6 Å². The molecular weight excluding hydrogens is 245 g/mol. The zero-order chi connectivity index (χ0) is 10.6. The van der Waals surface area contributed by atoms with Crippen molar-refractivity contribution in [3.05, 3.63) is 21.3 Å². The Hall–Kier alpha value is -0.290. The van der Waals surface area contributed by atoms with Gasteiger partial charge in [-0.3, -0.25) is 4.79 Å². The van der Waals surface area contributed by atoms with Gasteiger partial charge in [0.2, 0.25) is 0 Å². The molecule has 1 amide bonds. The third kappa shape index (κ3) is 3.46. The Morgan fingerprint density at radius 3 is 2.86 bits per heavy atom. The van der Waals surface area contributed by atoms with E-state index in [-0.39, 0.29) is 18.3 Å². The van der Waals surface area contributed by atoms with Crippen LogP contribution in [0.3, 0.4) is 0 Å². The fourth-order valence-corrected chi connectivity index (χ4v) is 1.86. The van der Waals surface area contributed by atoms with Gasteiger partial charge in [0.25, 0.3) is 5.91 Å². The van der Waals surface area contributed by atoms with Crippen LogP contribution >= 0.6 is 34.5 Å². The molecule has 3 nitrogen and oxygen atoms in total. The van der Waals surface area contributed by atoms with E-state index in [2.05, 4.69) is 5.32 Å². The lowest BCUT2D eigenvalue weighted by Crippen LogP contribution is -2.32. The highest BCUT2D eigenvalue weighted by molar-refractivity contribution is 7.17. The van der Waals surface area contributed by atoms with E-state index in [4.69, 9.17) is 28.3 Å². The van der Waals surface area contributed by atoms with Crippen molar-refractivity contribution in [1.29, 1.82) is 0 Å². The molecule has 0 aliphatic rings. The second-order valence-corrected chi connectivity index (χ2v) is 4.65. The van der Waals surface area contributed by atoms with Gasteiger partial charge in [-0.2, -0.15) is 0 Å². The number of nitrogens with one attached hydrogen (secondary N) is 1. The van der Waals surface area contributed by atoms with Crippen molar-refractivity contribution in [3.8, 4) is 0 Å². The van der Waals surface area contributed by atoms with Crippen molar-refractivity contribution in [2.45, 2.75) is 6.10 Å². The van der Waals surface area contributed by atoms with E-state index in [1.165, 1.54) is 11.3 Å². The number of carbonyl (C=O) groups is 1. The molecule has 0 aromatic carbocycles. The number of aliphatic hydroxyl groups is 1. The smallest absolute Gasteiger partial charge is 0.261 e. The van der Waals surface area contributed by atoms with Gasteiger partial charge in [-0.1, -0.05) is 11.6 Å². The topological polar surface area (TPSA) is 49.3 Å². The number of amides is 1. The molecule has 1 heterocycles. The summed E-state index contributed by atoms with van der Waals surface area (Å²) in [5.41, 5.74) is 0. The second-order valence-electron chi connectivity index (χ2n) is 2.62. The normalized spacial score (nSPS) is 12.5. The number of rotatable bonds is 4. The number of hydrogen-bond acceptors (Lipinski definition) is 3. The fraction of sp³-hybridized carbons (Fsp3) is 0.375. The summed E-state index contributed by atoms with van der Waals surface area (Å²) in [6.07, 6.45) is -0.712. The van der Waals surface area contributed by atoms with Crippen LogP contribution in [0, 0.1) is 0 Å². The van der Waals surface area contributed by atoms with Crippen LogP contribution in [0.1, 0.15) is 9.67 Å². The lowest BCUT2D eigenvalue weighted by molar-refractivity contribution is 0.0929. The molecule has 0 saturated carbocycles. The van der Waals surface area contributed by atoms with Crippen molar-refractivity contribution in [2.75, 3.05) is 12.4 Å². The van der Waals surface area contributed by atoms with Gasteiger partial charge in [-0.05, 0) is 12.1 Å². The highest BCUT2D eigenvalue weighted by Gasteiger charge is 2.09. The molecular formula is C8H9Cl2NO2S. The molecule has 2 N–H and O–H groups in total. The molecule has 0 aliphatic carbocycles. The summed E-state index contributed by atoms with van der Waals surface area (Å²) in [7, 11) is 0. The molecule has 0 fully saturated rings. The Bertz CT molecular complexity index is 316. The van der Waals surface area contributed by atoms with Gasteiger partial charge < -0.3 is 10.4 Å². The predicted molar refractivity (Wildman–Crippen MR) is 58.4 cm³/mol. The van der Waals surface area contributed by atoms with Crippen LogP contribution in [0.15, 0.2) is 12.1 Å². The van der Waals surface area contributed by atoms with Gasteiger partial charge in [-0.15, -0.1) is 22.9 Å². The molecule has 0 bridgehead atoms. The molecule has 0 radical (unpaired) electrons. The minimum atomic E-state index is -0.712. The van der Waals surface area contributed by atoms with E-state index in [1.807, 2.05) is 0 Å². The molecule has 6 heteroatoms. The minimum Gasteiger partial charge on any atom is -0.390 e. The molecule has 0 aliphatic heterocycles. The summed E-state index contributed by atoms with van der Waals surface area (Å²) >= 11 is 12.2. The number of hydrogen-bond donors (Lipinski definition) is 2. The van der Waals surface area contributed by atoms with E-state index in [0.29, 0.717) is 9.21 Å². The average Bonchev–Trinajstić information content (AvgIpc) is 2.60. The Balaban J connectivity index is 2.43. The van der Waals surface area contributed by atoms with Crippen molar-refractivity contribution in [3.63, 3.8) is 0 Å². The van der Waals surface area contributed by atoms with Gasteiger partial charge in [0, 0.05) is 6.54 Å². The number of thiophene rings is 1. The van der Waals surface area contributed by atoms with E-state index >= 15 is 0 Å². The maximum absolute atomic E-state index is 11.4. The van der Waals surface area contributed by atoms with Gasteiger partial charge in [-0.25, -0.2) is 0 Å². The summed E-state index contributed by atoms with van der Waals surface area (Å²) < 4.78 is 0.563. The summed E-state index contributed by atoms with van der Waals surface area (Å²) in [6.45, 7) is 0.151. The van der Waals surface area contributed by atoms with Crippen LogP contribution in [-0.2, 0) is 0 Å². The van der Waals surface area contributed by atoms with Crippen LogP contribution in [0.5, 0.6) is 0 Å². The SMILES string of the molecule is O=C(NCC(O)CCl)c1ccc(Cl)s1. The Morgan fingerprint density at radius 1 is 1.64 bits per heavy atom. The van der Waals surface area contributed by atoms with Gasteiger partial charge >= 0.3 is 0 Å². The van der Waals surface area contributed by atoms with E-state index < -0.39 is 6.10 Å². The Kier molecular flexibility index (Phi) is 4.68. The van der Waals surface area contributed by atoms with Crippen molar-refractivity contribution < 1.29 is 9.90 Å². The van der Waals surface area contributed by atoms with Crippen LogP contribution in [-0.4, -0.2) is 29.5 Å². The third-order valence-electron chi connectivity index (χ3n) is 1.47. The van der Waals surface area contributed by atoms with Crippen LogP contribution in [0.25, 0.3) is 0 Å². The first-order valence-electron chi connectivity index (χ1n) is 3.91. The van der Waals surface area contributed by atoms with Gasteiger partial charge in [0.05, 0.1) is 21.2 Å². The summed E-state index contributed by atoms with van der Waals surface area (Å²) in [5, 5.41) is 11.6. The van der Waals surface area contributed by atoms with Gasteiger partial charge in [0.1, 0.15) is 0 Å². The summed E-state index contributed by atoms with van der Waals surface area (Å²) in [5.74, 6) is -0.142. The molecule has 0 saturated heterocycles. The molecule has 14 heavy (non-hydrogen) atoms. The van der Waals surface area contributed by atoms with E-state index in [1.54, 1.807) is 12.1 Å². The zero-order valence-corrected chi connectivity index (χ0v) is 9.49. The molecule has 1 aromatic heterocycles. The number of carbonyl (C=O) groups excluding carboxylic acids is 1. The third-order valence-corrected chi connectivity index (χ3v) is 3.06. The monoisotopic (exact) mass is 253 g/mol. The minimum absolute atomic E-state index is 0.103. The number of aliphatic hydroxyl groups excluding tert-OH is 1. The van der Waals surface area contributed by atoms with Crippen LogP contribution in [0.2, 0.25) is 4.34 Å². The standard InChI is InChI=1S/C8H9Cl2NO2S/c9-3-5(12)4-11-8(13)6-1-2-7(10)14-6/h1-2,5,12H,3-4H2,(H,11,13). The summed E-state index contributed by atoms with van der Waals surface area (Å²) in [4.78, 5) is 11.9. The molecule has 78 valence electrons. The number of alkyl halides is 1.